The largest absolute Gasteiger partial charge is 0.227 e. The van der Waals surface area contributed by atoms with E-state index in [1.54, 1.807) is 22.2 Å². The molecule has 0 N–H and O–H groups in total. The standard InChI is InChI=1S/C9H10ClN3S/c10-3-1-2-8-6-12-13(7-8)9-11-4-5-14-9/h4-7H,1-3H2. The summed E-state index contributed by atoms with van der Waals surface area (Å²) in [6.07, 6.45) is 7.62. The lowest BCUT2D eigenvalue weighted by Crippen LogP contribution is -1.92. The minimum atomic E-state index is 0.697. The second-order valence-corrected chi connectivity index (χ2v) is 4.15. The number of aromatic nitrogens is 3. The number of alkyl halides is 1. The molecule has 0 bridgehead atoms. The fourth-order valence-electron chi connectivity index (χ4n) is 1.19. The molecule has 0 saturated carbocycles. The van der Waals surface area contributed by atoms with Crippen LogP contribution in [0.4, 0.5) is 0 Å². The van der Waals surface area contributed by atoms with E-state index in [0.29, 0.717) is 5.88 Å². The highest BCUT2D eigenvalue weighted by molar-refractivity contribution is 7.12. The fraction of sp³-hybridized carbons (Fsp3) is 0.333. The second kappa shape index (κ2) is 4.57. The zero-order valence-electron chi connectivity index (χ0n) is 7.56. The molecular formula is C9H10ClN3S. The maximum Gasteiger partial charge on any atom is 0.210 e. The van der Waals surface area contributed by atoms with Crippen molar-refractivity contribution in [3.05, 3.63) is 29.5 Å². The summed E-state index contributed by atoms with van der Waals surface area (Å²) in [4.78, 5) is 4.17. The van der Waals surface area contributed by atoms with Crippen molar-refractivity contribution in [1.29, 1.82) is 0 Å². The topological polar surface area (TPSA) is 30.7 Å². The maximum atomic E-state index is 5.62. The third kappa shape index (κ3) is 2.13. The quantitative estimate of drug-likeness (QED) is 0.752. The number of rotatable bonds is 4. The number of thiazole rings is 1. The predicted octanol–water partition coefficient (Wildman–Crippen LogP) is 2.50. The van der Waals surface area contributed by atoms with Crippen LogP contribution < -0.4 is 0 Å². The van der Waals surface area contributed by atoms with E-state index in [2.05, 4.69) is 10.1 Å². The van der Waals surface area contributed by atoms with Gasteiger partial charge in [-0.15, -0.1) is 22.9 Å². The van der Waals surface area contributed by atoms with E-state index < -0.39 is 0 Å². The lowest BCUT2D eigenvalue weighted by molar-refractivity contribution is 0.867. The van der Waals surface area contributed by atoms with Crippen molar-refractivity contribution >= 4 is 22.9 Å². The summed E-state index contributed by atoms with van der Waals surface area (Å²) >= 11 is 7.20. The zero-order chi connectivity index (χ0) is 9.80. The van der Waals surface area contributed by atoms with Crippen LogP contribution in [0.5, 0.6) is 0 Å². The van der Waals surface area contributed by atoms with Crippen LogP contribution in [0.1, 0.15) is 12.0 Å². The molecule has 5 heteroatoms. The minimum Gasteiger partial charge on any atom is -0.227 e. The van der Waals surface area contributed by atoms with Crippen LogP contribution in [0.15, 0.2) is 24.0 Å². The molecule has 0 atom stereocenters. The van der Waals surface area contributed by atoms with Crippen molar-refractivity contribution in [2.24, 2.45) is 0 Å². The van der Waals surface area contributed by atoms with Gasteiger partial charge in [0.2, 0.25) is 5.13 Å². The summed E-state index contributed by atoms with van der Waals surface area (Å²) in [6, 6.07) is 0. The van der Waals surface area contributed by atoms with Crippen molar-refractivity contribution in [3.8, 4) is 5.13 Å². The van der Waals surface area contributed by atoms with Crippen molar-refractivity contribution in [3.63, 3.8) is 0 Å². The van der Waals surface area contributed by atoms with E-state index in [1.165, 1.54) is 5.56 Å². The van der Waals surface area contributed by atoms with Gasteiger partial charge in [0.1, 0.15) is 0 Å². The van der Waals surface area contributed by atoms with Crippen molar-refractivity contribution in [1.82, 2.24) is 14.8 Å². The van der Waals surface area contributed by atoms with Gasteiger partial charge in [0, 0.05) is 23.7 Å². The van der Waals surface area contributed by atoms with Gasteiger partial charge in [-0.05, 0) is 18.4 Å². The Balaban J connectivity index is 2.10. The van der Waals surface area contributed by atoms with E-state index in [0.717, 1.165) is 18.0 Å². The highest BCUT2D eigenvalue weighted by Crippen LogP contribution is 2.11. The molecule has 0 aliphatic carbocycles. The Morgan fingerprint density at radius 3 is 3.14 bits per heavy atom. The first-order valence-electron chi connectivity index (χ1n) is 4.39. The molecule has 2 heterocycles. The molecule has 0 aromatic carbocycles. The summed E-state index contributed by atoms with van der Waals surface area (Å²) < 4.78 is 1.80. The van der Waals surface area contributed by atoms with E-state index in [9.17, 15) is 0 Å². The van der Waals surface area contributed by atoms with E-state index in [-0.39, 0.29) is 0 Å². The molecule has 74 valence electrons. The Morgan fingerprint density at radius 2 is 2.43 bits per heavy atom. The molecule has 2 aromatic rings. The Labute approximate surface area is 91.4 Å². The van der Waals surface area contributed by atoms with Gasteiger partial charge >= 0.3 is 0 Å². The molecule has 0 unspecified atom stereocenters. The molecular weight excluding hydrogens is 218 g/mol. The van der Waals surface area contributed by atoms with Gasteiger partial charge < -0.3 is 0 Å². The molecule has 0 aliphatic heterocycles. The molecule has 14 heavy (non-hydrogen) atoms. The third-order valence-corrected chi connectivity index (χ3v) is 2.88. The van der Waals surface area contributed by atoms with Gasteiger partial charge in [0.05, 0.1) is 6.20 Å². The Morgan fingerprint density at radius 1 is 1.50 bits per heavy atom. The number of aryl methyl sites for hydroxylation is 1. The lowest BCUT2D eigenvalue weighted by Gasteiger charge is -1.92. The van der Waals surface area contributed by atoms with Gasteiger partial charge in [-0.1, -0.05) is 0 Å². The zero-order valence-corrected chi connectivity index (χ0v) is 9.13. The van der Waals surface area contributed by atoms with Crippen LogP contribution in [0, 0.1) is 0 Å². The van der Waals surface area contributed by atoms with Crippen LogP contribution in [-0.2, 0) is 6.42 Å². The fourth-order valence-corrected chi connectivity index (χ4v) is 1.90. The summed E-state index contributed by atoms with van der Waals surface area (Å²) in [6.45, 7) is 0. The van der Waals surface area contributed by atoms with Crippen LogP contribution in [0.3, 0.4) is 0 Å². The first kappa shape index (κ1) is 9.68. The second-order valence-electron chi connectivity index (χ2n) is 2.90. The molecule has 0 spiro atoms. The molecule has 0 amide bonds. The average Bonchev–Trinajstić information content (AvgIpc) is 2.85. The maximum absolute atomic E-state index is 5.62. The van der Waals surface area contributed by atoms with Gasteiger partial charge in [0.25, 0.3) is 0 Å². The van der Waals surface area contributed by atoms with Crippen LogP contribution in [0.2, 0.25) is 0 Å². The number of hydrogen-bond acceptors (Lipinski definition) is 3. The Hall–Kier alpha value is -0.870. The molecule has 0 aliphatic rings. The Bertz CT molecular complexity index is 382. The minimum absolute atomic E-state index is 0.697. The number of hydrogen-bond donors (Lipinski definition) is 0. The van der Waals surface area contributed by atoms with Gasteiger partial charge in [-0.2, -0.15) is 5.10 Å². The monoisotopic (exact) mass is 227 g/mol. The summed E-state index contributed by atoms with van der Waals surface area (Å²) in [7, 11) is 0. The number of nitrogens with zero attached hydrogens (tertiary/aromatic N) is 3. The highest BCUT2D eigenvalue weighted by atomic mass is 35.5. The van der Waals surface area contributed by atoms with E-state index in [4.69, 9.17) is 11.6 Å². The van der Waals surface area contributed by atoms with Gasteiger partial charge in [0.15, 0.2) is 0 Å². The molecule has 2 aromatic heterocycles. The molecule has 0 radical (unpaired) electrons. The Kier molecular flexibility index (Phi) is 3.16. The summed E-state index contributed by atoms with van der Waals surface area (Å²) in [5.74, 6) is 0.697. The summed E-state index contributed by atoms with van der Waals surface area (Å²) in [5.41, 5.74) is 1.21. The van der Waals surface area contributed by atoms with Crippen LogP contribution >= 0.6 is 22.9 Å². The van der Waals surface area contributed by atoms with E-state index in [1.807, 2.05) is 17.8 Å². The molecule has 2 rings (SSSR count). The molecule has 3 nitrogen and oxygen atoms in total. The van der Waals surface area contributed by atoms with Gasteiger partial charge in [-0.3, -0.25) is 0 Å². The average molecular weight is 228 g/mol. The van der Waals surface area contributed by atoms with Crippen LogP contribution in [0.25, 0.3) is 5.13 Å². The molecule has 0 saturated heterocycles. The first-order valence-corrected chi connectivity index (χ1v) is 5.81. The lowest BCUT2D eigenvalue weighted by atomic mass is 10.2. The smallest absolute Gasteiger partial charge is 0.210 e. The van der Waals surface area contributed by atoms with Crippen molar-refractivity contribution in [2.75, 3.05) is 5.88 Å². The normalized spacial score (nSPS) is 10.6. The highest BCUT2D eigenvalue weighted by Gasteiger charge is 2.01. The third-order valence-electron chi connectivity index (χ3n) is 1.85. The van der Waals surface area contributed by atoms with Gasteiger partial charge in [-0.25, -0.2) is 9.67 Å². The predicted molar refractivity (Wildman–Crippen MR) is 58.3 cm³/mol. The SMILES string of the molecule is ClCCCc1cnn(-c2nccs2)c1. The molecule has 0 fully saturated rings. The summed E-state index contributed by atoms with van der Waals surface area (Å²) in [5, 5.41) is 7.08. The van der Waals surface area contributed by atoms with Crippen molar-refractivity contribution in [2.45, 2.75) is 12.8 Å². The van der Waals surface area contributed by atoms with Crippen molar-refractivity contribution < 1.29 is 0 Å². The van der Waals surface area contributed by atoms with Crippen LogP contribution in [-0.4, -0.2) is 20.6 Å². The van der Waals surface area contributed by atoms with E-state index >= 15 is 0 Å². The number of halogens is 1. The first-order chi connectivity index (χ1) is 6.90.